The number of hydrogen-bond donors (Lipinski definition) is 0. The van der Waals surface area contributed by atoms with Gasteiger partial charge in [-0.25, -0.2) is 18.2 Å². The fourth-order valence-corrected chi connectivity index (χ4v) is 5.94. The number of sulfonamides is 1. The normalized spacial score (nSPS) is 15.5. The van der Waals surface area contributed by atoms with Gasteiger partial charge < -0.3 is 4.42 Å². The lowest BCUT2D eigenvalue weighted by Crippen LogP contribution is -2.35. The number of thioether (sulfide) groups is 1. The van der Waals surface area contributed by atoms with E-state index in [-0.39, 0.29) is 4.90 Å². The molecule has 0 spiro atoms. The monoisotopic (exact) mass is 464 g/mol. The van der Waals surface area contributed by atoms with Crippen LogP contribution < -0.4 is 5.63 Å². The van der Waals surface area contributed by atoms with Gasteiger partial charge in [0.05, 0.1) is 5.03 Å². The summed E-state index contributed by atoms with van der Waals surface area (Å²) < 4.78 is 32.3. The van der Waals surface area contributed by atoms with E-state index in [1.54, 1.807) is 24.3 Å². The van der Waals surface area contributed by atoms with E-state index in [2.05, 4.69) is 4.98 Å². The number of piperidine rings is 1. The molecule has 0 amide bonds. The van der Waals surface area contributed by atoms with Crippen molar-refractivity contribution in [2.75, 3.05) is 13.1 Å². The molecule has 3 heterocycles. The number of fused-ring (bicyclic) bond motifs is 1. The van der Waals surface area contributed by atoms with Crippen molar-refractivity contribution in [2.45, 2.75) is 41.9 Å². The van der Waals surface area contributed by atoms with E-state index < -0.39 is 15.6 Å². The smallest absolute Gasteiger partial charge is 0.336 e. The minimum Gasteiger partial charge on any atom is -0.423 e. The summed E-state index contributed by atoms with van der Waals surface area (Å²) in [7, 11) is -3.50. The predicted molar refractivity (Wildman–Crippen MR) is 119 cm³/mol. The van der Waals surface area contributed by atoms with E-state index in [0.29, 0.717) is 34.5 Å². The molecule has 0 saturated carbocycles. The van der Waals surface area contributed by atoms with Crippen LogP contribution in [0.4, 0.5) is 0 Å². The Balaban J connectivity index is 1.54. The van der Waals surface area contributed by atoms with Crippen LogP contribution in [-0.4, -0.2) is 30.8 Å². The Morgan fingerprint density at radius 3 is 2.63 bits per heavy atom. The Morgan fingerprint density at radius 1 is 1.17 bits per heavy atom. The topological polar surface area (TPSA) is 80.5 Å². The molecule has 1 aromatic carbocycles. The molecule has 1 saturated heterocycles. The molecule has 0 bridgehead atoms. The van der Waals surface area contributed by atoms with Gasteiger partial charge in [-0.3, -0.25) is 0 Å². The second-order valence-electron chi connectivity index (χ2n) is 7.27. The molecule has 4 rings (SSSR count). The molecule has 1 aliphatic heterocycles. The minimum atomic E-state index is -3.50. The Kier molecular flexibility index (Phi) is 6.20. The van der Waals surface area contributed by atoms with E-state index in [0.717, 1.165) is 35.8 Å². The second-order valence-corrected chi connectivity index (χ2v) is 10.6. The van der Waals surface area contributed by atoms with Crippen LogP contribution in [0.1, 0.15) is 30.4 Å². The molecule has 6 nitrogen and oxygen atoms in total. The van der Waals surface area contributed by atoms with Crippen LogP contribution in [-0.2, 0) is 15.8 Å². The van der Waals surface area contributed by atoms with Crippen molar-refractivity contribution in [1.82, 2.24) is 9.29 Å². The maximum absolute atomic E-state index is 12.7. The average Bonchev–Trinajstić information content (AvgIpc) is 2.74. The van der Waals surface area contributed by atoms with Gasteiger partial charge in [0, 0.05) is 41.5 Å². The molecule has 0 radical (unpaired) electrons. The zero-order valence-electron chi connectivity index (χ0n) is 16.4. The van der Waals surface area contributed by atoms with Gasteiger partial charge in [-0.2, -0.15) is 4.31 Å². The maximum atomic E-state index is 12.7. The summed E-state index contributed by atoms with van der Waals surface area (Å²) in [6, 6.07) is 8.30. The molecule has 2 aromatic heterocycles. The molecule has 0 unspecified atom stereocenters. The van der Waals surface area contributed by atoms with Crippen LogP contribution in [0.25, 0.3) is 11.0 Å². The number of rotatable bonds is 5. The highest BCUT2D eigenvalue weighted by Gasteiger charge is 2.26. The van der Waals surface area contributed by atoms with Crippen LogP contribution in [0, 0.1) is 6.92 Å². The van der Waals surface area contributed by atoms with Crippen LogP contribution in [0.5, 0.6) is 0 Å². The molecular formula is C21H21ClN2O4S2. The van der Waals surface area contributed by atoms with Crippen molar-refractivity contribution >= 4 is 44.4 Å². The van der Waals surface area contributed by atoms with Gasteiger partial charge in [0.1, 0.15) is 10.5 Å². The molecule has 1 fully saturated rings. The predicted octanol–water partition coefficient (Wildman–Crippen LogP) is 4.62. The van der Waals surface area contributed by atoms with Crippen molar-refractivity contribution in [3.8, 4) is 0 Å². The first-order chi connectivity index (χ1) is 14.3. The maximum Gasteiger partial charge on any atom is 0.336 e. The molecule has 0 atom stereocenters. The van der Waals surface area contributed by atoms with Crippen LogP contribution in [0.3, 0.4) is 0 Å². The van der Waals surface area contributed by atoms with Gasteiger partial charge in [-0.1, -0.05) is 18.0 Å². The van der Waals surface area contributed by atoms with Crippen molar-refractivity contribution in [2.24, 2.45) is 0 Å². The molecule has 0 aliphatic carbocycles. The van der Waals surface area contributed by atoms with Gasteiger partial charge >= 0.3 is 5.63 Å². The minimum absolute atomic E-state index is 0.210. The molecule has 1 aliphatic rings. The van der Waals surface area contributed by atoms with Crippen LogP contribution >= 0.6 is 23.4 Å². The first-order valence-corrected chi connectivity index (χ1v) is 12.5. The molecule has 3 aromatic rings. The fraction of sp³-hybridized carbons (Fsp3) is 0.333. The van der Waals surface area contributed by atoms with Crippen molar-refractivity contribution < 1.29 is 12.8 Å². The lowest BCUT2D eigenvalue weighted by Gasteiger charge is -2.25. The second kappa shape index (κ2) is 8.70. The quantitative estimate of drug-likeness (QED) is 0.405. The highest BCUT2D eigenvalue weighted by Crippen LogP contribution is 2.29. The van der Waals surface area contributed by atoms with Crippen molar-refractivity contribution in [1.29, 1.82) is 0 Å². The van der Waals surface area contributed by atoms with Crippen molar-refractivity contribution in [3.63, 3.8) is 0 Å². The van der Waals surface area contributed by atoms with E-state index in [1.807, 2.05) is 6.92 Å². The van der Waals surface area contributed by atoms with Gasteiger partial charge in [0.25, 0.3) is 0 Å². The van der Waals surface area contributed by atoms with Crippen LogP contribution in [0.2, 0.25) is 5.02 Å². The average molecular weight is 465 g/mol. The Hall–Kier alpha value is -1.87. The number of pyridine rings is 1. The van der Waals surface area contributed by atoms with Gasteiger partial charge in [0.15, 0.2) is 0 Å². The summed E-state index contributed by atoms with van der Waals surface area (Å²) in [5.41, 5.74) is 1.70. The Morgan fingerprint density at radius 2 is 1.93 bits per heavy atom. The third-order valence-electron chi connectivity index (χ3n) is 5.15. The highest BCUT2D eigenvalue weighted by atomic mass is 35.5. The molecule has 0 N–H and O–H groups in total. The summed E-state index contributed by atoms with van der Waals surface area (Å²) in [6.07, 6.45) is 4.26. The number of nitrogens with zero attached hydrogens (tertiary/aromatic N) is 2. The lowest BCUT2D eigenvalue weighted by molar-refractivity contribution is 0.346. The Bertz CT molecular complexity index is 1230. The SMILES string of the molecule is Cc1cc2oc(=O)cc(CSc3ccc(S(=O)(=O)N4CCCCC4)cn3)c2cc1Cl. The third-order valence-corrected chi connectivity index (χ3v) is 8.43. The lowest BCUT2D eigenvalue weighted by atomic mass is 10.1. The number of halogens is 1. The molecule has 9 heteroatoms. The largest absolute Gasteiger partial charge is 0.423 e. The summed E-state index contributed by atoms with van der Waals surface area (Å²) >= 11 is 7.66. The van der Waals surface area contributed by atoms with Gasteiger partial charge in [0.2, 0.25) is 10.0 Å². The Labute approximate surface area is 184 Å². The summed E-state index contributed by atoms with van der Waals surface area (Å²) in [5, 5.41) is 2.06. The number of benzene rings is 1. The van der Waals surface area contributed by atoms with Gasteiger partial charge in [-0.05, 0) is 55.2 Å². The standard InChI is InChI=1S/C21H21ClN2O4S2/c1-14-9-19-17(11-18(14)22)15(10-21(25)28-19)13-29-20-6-5-16(12-23-20)30(26,27)24-7-3-2-4-8-24/h5-6,9-12H,2-4,7-8,13H2,1H3. The van der Waals surface area contributed by atoms with Gasteiger partial charge in [-0.15, -0.1) is 11.8 Å². The number of aromatic nitrogens is 1. The first kappa shape index (κ1) is 21.4. The molecule has 158 valence electrons. The van der Waals surface area contributed by atoms with E-state index in [1.165, 1.54) is 28.3 Å². The number of aryl methyl sites for hydroxylation is 1. The fourth-order valence-electron chi connectivity index (χ4n) is 3.48. The third kappa shape index (κ3) is 4.42. The zero-order valence-corrected chi connectivity index (χ0v) is 18.8. The summed E-state index contributed by atoms with van der Waals surface area (Å²) in [5.74, 6) is 0.479. The van der Waals surface area contributed by atoms with Crippen LogP contribution in [0.15, 0.2) is 55.7 Å². The van der Waals surface area contributed by atoms with Crippen molar-refractivity contribution in [3.05, 3.63) is 63.1 Å². The highest BCUT2D eigenvalue weighted by molar-refractivity contribution is 7.98. The number of hydrogen-bond acceptors (Lipinski definition) is 6. The summed E-state index contributed by atoms with van der Waals surface area (Å²) in [4.78, 5) is 16.4. The zero-order chi connectivity index (χ0) is 21.3. The van der Waals surface area contributed by atoms with E-state index in [9.17, 15) is 13.2 Å². The summed E-state index contributed by atoms with van der Waals surface area (Å²) in [6.45, 7) is 2.97. The molecular weight excluding hydrogens is 444 g/mol. The first-order valence-electron chi connectivity index (χ1n) is 9.66. The van der Waals surface area contributed by atoms with E-state index in [4.69, 9.17) is 16.0 Å². The molecule has 30 heavy (non-hydrogen) atoms. The van der Waals surface area contributed by atoms with E-state index >= 15 is 0 Å².